The second-order valence-corrected chi connectivity index (χ2v) is 5.64. The van der Waals surface area contributed by atoms with Crippen LogP contribution >= 0.6 is 11.6 Å². The summed E-state index contributed by atoms with van der Waals surface area (Å²) >= 11 is 5.88. The van der Waals surface area contributed by atoms with Crippen molar-refractivity contribution in [3.63, 3.8) is 0 Å². The van der Waals surface area contributed by atoms with Gasteiger partial charge >= 0.3 is 0 Å². The second kappa shape index (κ2) is 7.88. The van der Waals surface area contributed by atoms with Gasteiger partial charge in [-0.2, -0.15) is 0 Å². The number of halogens is 1. The molecule has 1 aromatic rings. The molecular weight excluding hydrogens is 286 g/mol. The van der Waals surface area contributed by atoms with Crippen LogP contribution in [-0.4, -0.2) is 29.9 Å². The first-order chi connectivity index (χ1) is 10.1. The van der Waals surface area contributed by atoms with Crippen LogP contribution in [0.5, 0.6) is 0 Å². The molecule has 4 N–H and O–H groups in total. The molecule has 0 aromatic heterocycles. The van der Waals surface area contributed by atoms with Crippen molar-refractivity contribution in [2.45, 2.75) is 32.2 Å². The van der Waals surface area contributed by atoms with Gasteiger partial charge < -0.3 is 10.6 Å². The smallest absolute Gasteiger partial charge is 0.201 e. The summed E-state index contributed by atoms with van der Waals surface area (Å²) in [6, 6.07) is 7.63. The zero-order chi connectivity index (χ0) is 15.1. The molecule has 1 fully saturated rings. The highest BCUT2D eigenvalue weighted by Crippen LogP contribution is 2.12. The zero-order valence-corrected chi connectivity index (χ0v) is 12.9. The minimum atomic E-state index is -0.0749. The minimum Gasteiger partial charge on any atom is -0.370 e. The summed E-state index contributed by atoms with van der Waals surface area (Å²) in [6.07, 6.45) is 4.81. The summed E-state index contributed by atoms with van der Waals surface area (Å²) in [4.78, 5) is 6.78. The van der Waals surface area contributed by atoms with E-state index in [9.17, 15) is 0 Å². The molecule has 0 aliphatic carbocycles. The topological polar surface area (TPSA) is 77.5 Å². The van der Waals surface area contributed by atoms with E-state index in [1.54, 1.807) is 0 Å². The van der Waals surface area contributed by atoms with Gasteiger partial charge in [-0.15, -0.1) is 0 Å². The van der Waals surface area contributed by atoms with Gasteiger partial charge in [-0.3, -0.25) is 10.7 Å². The third-order valence-electron chi connectivity index (χ3n) is 3.48. The molecule has 2 rings (SSSR count). The van der Waals surface area contributed by atoms with Gasteiger partial charge in [0.2, 0.25) is 5.96 Å². The Labute approximate surface area is 130 Å². The SMILES string of the molecule is N=C(N)N/C(=N/Cc1ccc(Cl)cc1)N1CCCCCC1. The van der Waals surface area contributed by atoms with E-state index in [-0.39, 0.29) is 5.96 Å². The Bertz CT molecular complexity index is 489. The number of hydrogen-bond acceptors (Lipinski definition) is 2. The Kier molecular flexibility index (Phi) is 5.87. The third kappa shape index (κ3) is 5.27. The van der Waals surface area contributed by atoms with Gasteiger partial charge in [0.1, 0.15) is 0 Å². The molecule has 114 valence electrons. The average Bonchev–Trinajstić information content (AvgIpc) is 2.74. The Hall–Kier alpha value is -1.75. The molecule has 1 aliphatic rings. The van der Waals surface area contributed by atoms with Crippen LogP contribution in [-0.2, 0) is 6.54 Å². The molecule has 0 amide bonds. The third-order valence-corrected chi connectivity index (χ3v) is 3.73. The number of nitrogens with one attached hydrogen (secondary N) is 2. The van der Waals surface area contributed by atoms with Crippen LogP contribution in [0.2, 0.25) is 5.02 Å². The number of benzene rings is 1. The monoisotopic (exact) mass is 307 g/mol. The summed E-state index contributed by atoms with van der Waals surface area (Å²) in [7, 11) is 0. The zero-order valence-electron chi connectivity index (χ0n) is 12.1. The van der Waals surface area contributed by atoms with Crippen molar-refractivity contribution in [3.8, 4) is 0 Å². The highest BCUT2D eigenvalue weighted by atomic mass is 35.5. The van der Waals surface area contributed by atoms with E-state index in [1.165, 1.54) is 12.8 Å². The molecule has 1 saturated heterocycles. The molecule has 6 heteroatoms. The maximum atomic E-state index is 7.45. The van der Waals surface area contributed by atoms with Crippen LogP contribution < -0.4 is 11.1 Å². The predicted octanol–water partition coefficient (Wildman–Crippen LogP) is 2.56. The van der Waals surface area contributed by atoms with Crippen molar-refractivity contribution in [2.24, 2.45) is 10.7 Å². The van der Waals surface area contributed by atoms with Gasteiger partial charge in [0.15, 0.2) is 5.96 Å². The minimum absolute atomic E-state index is 0.0749. The fourth-order valence-corrected chi connectivity index (χ4v) is 2.50. The lowest BCUT2D eigenvalue weighted by molar-refractivity contribution is 0.423. The van der Waals surface area contributed by atoms with Gasteiger partial charge in [0, 0.05) is 18.1 Å². The Morgan fingerprint density at radius 1 is 1.19 bits per heavy atom. The van der Waals surface area contributed by atoms with E-state index >= 15 is 0 Å². The normalized spacial score (nSPS) is 16.4. The quantitative estimate of drug-likeness (QED) is 0.580. The van der Waals surface area contributed by atoms with Gasteiger partial charge in [0.05, 0.1) is 6.54 Å². The number of aliphatic imine (C=N–C) groups is 1. The molecule has 0 radical (unpaired) electrons. The van der Waals surface area contributed by atoms with Crippen LogP contribution in [0.15, 0.2) is 29.3 Å². The Morgan fingerprint density at radius 2 is 1.81 bits per heavy atom. The molecule has 0 bridgehead atoms. The summed E-state index contributed by atoms with van der Waals surface area (Å²) in [5.74, 6) is 0.619. The highest BCUT2D eigenvalue weighted by Gasteiger charge is 2.14. The Morgan fingerprint density at radius 3 is 2.38 bits per heavy atom. The first kappa shape index (κ1) is 15.6. The van der Waals surface area contributed by atoms with Crippen molar-refractivity contribution < 1.29 is 0 Å². The van der Waals surface area contributed by atoms with Crippen molar-refractivity contribution >= 4 is 23.5 Å². The van der Waals surface area contributed by atoms with Crippen LogP contribution in [0.4, 0.5) is 0 Å². The maximum absolute atomic E-state index is 7.45. The largest absolute Gasteiger partial charge is 0.370 e. The molecule has 1 aromatic carbocycles. The lowest BCUT2D eigenvalue weighted by atomic mass is 10.2. The summed E-state index contributed by atoms with van der Waals surface area (Å²) in [6.45, 7) is 2.46. The predicted molar refractivity (Wildman–Crippen MR) is 87.7 cm³/mol. The van der Waals surface area contributed by atoms with Crippen molar-refractivity contribution in [1.29, 1.82) is 5.41 Å². The summed E-state index contributed by atoms with van der Waals surface area (Å²) < 4.78 is 0. The van der Waals surface area contributed by atoms with E-state index < -0.39 is 0 Å². The second-order valence-electron chi connectivity index (χ2n) is 5.21. The standard InChI is InChI=1S/C15H22ClN5/c16-13-7-5-12(6-8-13)11-19-15(20-14(17)18)21-9-3-1-2-4-10-21/h5-8H,1-4,9-11H2,(H4,17,18,19,20). The fraction of sp³-hybridized carbons (Fsp3) is 0.467. The molecule has 0 unspecified atom stereocenters. The van der Waals surface area contributed by atoms with E-state index in [0.717, 1.165) is 36.5 Å². The average molecular weight is 308 g/mol. The van der Waals surface area contributed by atoms with Gasteiger partial charge in [0.25, 0.3) is 0 Å². The number of guanidine groups is 2. The first-order valence-electron chi connectivity index (χ1n) is 7.30. The number of likely N-dealkylation sites (tertiary alicyclic amines) is 1. The van der Waals surface area contributed by atoms with E-state index in [1.807, 2.05) is 24.3 Å². The van der Waals surface area contributed by atoms with E-state index in [2.05, 4.69) is 15.2 Å². The van der Waals surface area contributed by atoms with Gasteiger partial charge in [-0.25, -0.2) is 4.99 Å². The highest BCUT2D eigenvalue weighted by molar-refractivity contribution is 6.30. The Balaban J connectivity index is 2.08. The number of rotatable bonds is 2. The molecule has 0 atom stereocenters. The van der Waals surface area contributed by atoms with Crippen molar-refractivity contribution in [2.75, 3.05) is 13.1 Å². The first-order valence-corrected chi connectivity index (χ1v) is 7.68. The number of nitrogens with zero attached hydrogens (tertiary/aromatic N) is 2. The molecule has 1 aliphatic heterocycles. The van der Waals surface area contributed by atoms with Crippen molar-refractivity contribution in [1.82, 2.24) is 10.2 Å². The van der Waals surface area contributed by atoms with E-state index in [4.69, 9.17) is 22.7 Å². The molecule has 0 spiro atoms. The van der Waals surface area contributed by atoms with Crippen molar-refractivity contribution in [3.05, 3.63) is 34.9 Å². The fourth-order valence-electron chi connectivity index (χ4n) is 2.38. The van der Waals surface area contributed by atoms with Crippen LogP contribution in [0.3, 0.4) is 0 Å². The van der Waals surface area contributed by atoms with Gasteiger partial charge in [-0.1, -0.05) is 36.6 Å². The lowest BCUT2D eigenvalue weighted by Gasteiger charge is -2.24. The number of hydrogen-bond donors (Lipinski definition) is 3. The molecule has 0 saturated carbocycles. The lowest BCUT2D eigenvalue weighted by Crippen LogP contribution is -2.47. The molecular formula is C15H22ClN5. The maximum Gasteiger partial charge on any atom is 0.201 e. The summed E-state index contributed by atoms with van der Waals surface area (Å²) in [5.41, 5.74) is 6.56. The van der Waals surface area contributed by atoms with Crippen LogP contribution in [0, 0.1) is 5.41 Å². The van der Waals surface area contributed by atoms with Crippen LogP contribution in [0.25, 0.3) is 0 Å². The van der Waals surface area contributed by atoms with E-state index in [0.29, 0.717) is 12.5 Å². The van der Waals surface area contributed by atoms with Gasteiger partial charge in [-0.05, 0) is 30.5 Å². The molecule has 21 heavy (non-hydrogen) atoms. The molecule has 5 nitrogen and oxygen atoms in total. The molecule has 1 heterocycles. The summed E-state index contributed by atoms with van der Waals surface area (Å²) in [5, 5.41) is 11.0. The number of nitrogens with two attached hydrogens (primary N) is 1. The van der Waals surface area contributed by atoms with Crippen LogP contribution in [0.1, 0.15) is 31.2 Å².